The molecule has 0 radical (unpaired) electrons. The average Bonchev–Trinajstić information content (AvgIpc) is 3.04. The van der Waals surface area contributed by atoms with E-state index in [1.54, 1.807) is 52.9 Å². The molecule has 0 amide bonds. The summed E-state index contributed by atoms with van der Waals surface area (Å²) in [5.41, 5.74) is -2.71. The number of hydrogen-bond donors (Lipinski definition) is 1. The van der Waals surface area contributed by atoms with Gasteiger partial charge >= 0.3 is 6.18 Å². The normalized spacial score (nSPS) is 12.8. The maximum atomic E-state index is 13.5. The number of alkyl halides is 3. The van der Waals surface area contributed by atoms with Gasteiger partial charge in [0.2, 0.25) is 0 Å². The van der Waals surface area contributed by atoms with E-state index >= 15 is 0 Å². The van der Waals surface area contributed by atoms with Crippen molar-refractivity contribution in [3.63, 3.8) is 0 Å². The van der Waals surface area contributed by atoms with Crippen LogP contribution in [0.1, 0.15) is 44.6 Å². The number of aromatic nitrogens is 3. The molecule has 1 N–H and O–H groups in total. The van der Waals surface area contributed by atoms with E-state index in [9.17, 15) is 18.3 Å². The van der Waals surface area contributed by atoms with E-state index in [-0.39, 0.29) is 11.4 Å². The molecule has 0 bridgehead atoms. The first-order chi connectivity index (χ1) is 14.2. The van der Waals surface area contributed by atoms with Crippen molar-refractivity contribution in [1.82, 2.24) is 14.8 Å². The van der Waals surface area contributed by atoms with E-state index in [2.05, 4.69) is 10.2 Å². The monoisotopic (exact) mass is 453 g/mol. The second kappa shape index (κ2) is 7.84. The van der Waals surface area contributed by atoms with Crippen molar-refractivity contribution in [2.45, 2.75) is 45.1 Å². The lowest BCUT2D eigenvalue weighted by molar-refractivity contribution is -0.137. The molecule has 1 aromatic heterocycles. The third-order valence-electron chi connectivity index (χ3n) is 4.85. The fourth-order valence-electron chi connectivity index (χ4n) is 3.40. The van der Waals surface area contributed by atoms with Crippen molar-refractivity contribution in [3.8, 4) is 17.1 Å². The number of hydrogen-bond acceptors (Lipinski definition) is 4. The van der Waals surface area contributed by atoms with E-state index < -0.39 is 22.9 Å². The lowest BCUT2D eigenvalue weighted by Gasteiger charge is -2.29. The molecule has 31 heavy (non-hydrogen) atoms. The summed E-state index contributed by atoms with van der Waals surface area (Å²) >= 11 is 6.07. The summed E-state index contributed by atoms with van der Waals surface area (Å²) in [4.78, 5) is 0. The van der Waals surface area contributed by atoms with E-state index in [0.717, 1.165) is 6.07 Å². The van der Waals surface area contributed by atoms with Gasteiger partial charge in [-0.3, -0.25) is 0 Å². The quantitative estimate of drug-likeness (QED) is 0.538. The molecular weight excluding hydrogens is 431 g/mol. The van der Waals surface area contributed by atoms with Gasteiger partial charge in [0.25, 0.3) is 0 Å². The summed E-state index contributed by atoms with van der Waals surface area (Å²) in [5.74, 6) is 0.761. The number of halogens is 4. The highest BCUT2D eigenvalue weighted by atomic mass is 35.5. The second-order valence-electron chi connectivity index (χ2n) is 8.26. The zero-order chi connectivity index (χ0) is 23.2. The van der Waals surface area contributed by atoms with E-state index in [0.29, 0.717) is 22.2 Å². The Kier molecular flexibility index (Phi) is 5.84. The first-order valence-corrected chi connectivity index (χ1v) is 9.87. The van der Waals surface area contributed by atoms with Gasteiger partial charge in [0, 0.05) is 23.2 Å². The predicted molar refractivity (Wildman–Crippen MR) is 112 cm³/mol. The largest absolute Gasteiger partial charge is 0.479 e. The molecule has 0 spiro atoms. The molecule has 3 rings (SSSR count). The Morgan fingerprint density at radius 2 is 1.61 bits per heavy atom. The van der Waals surface area contributed by atoms with Crippen molar-refractivity contribution >= 4 is 11.6 Å². The van der Waals surface area contributed by atoms with Crippen molar-refractivity contribution in [1.29, 1.82) is 0 Å². The number of aliphatic hydroxyl groups is 1. The third-order valence-corrected chi connectivity index (χ3v) is 5.09. The summed E-state index contributed by atoms with van der Waals surface area (Å²) in [5, 5.41) is 19.1. The molecule has 1 heterocycles. The molecular formula is C22H23ClF3N3O2. The van der Waals surface area contributed by atoms with Crippen LogP contribution >= 0.6 is 11.6 Å². The SMILES string of the molecule is Cn1c(-c2ccccc2C(F)(F)F)nnc1C(C)(C)Oc1ccc(Cl)cc1C(C)(C)O. The van der Waals surface area contributed by atoms with Crippen LogP contribution in [-0.4, -0.2) is 19.9 Å². The lowest BCUT2D eigenvalue weighted by atomic mass is 9.97. The topological polar surface area (TPSA) is 60.2 Å². The minimum absolute atomic E-state index is 0.0680. The highest BCUT2D eigenvalue weighted by Gasteiger charge is 2.37. The minimum atomic E-state index is -4.53. The van der Waals surface area contributed by atoms with Crippen molar-refractivity contribution in [2.75, 3.05) is 0 Å². The molecule has 5 nitrogen and oxygen atoms in total. The van der Waals surface area contributed by atoms with E-state index in [1.165, 1.54) is 22.8 Å². The molecule has 9 heteroatoms. The first-order valence-electron chi connectivity index (χ1n) is 9.49. The van der Waals surface area contributed by atoms with E-state index in [1.807, 2.05) is 0 Å². The number of nitrogens with zero attached hydrogens (tertiary/aromatic N) is 3. The summed E-state index contributed by atoms with van der Waals surface area (Å²) < 4.78 is 48.0. The molecule has 0 aliphatic heterocycles. The first kappa shape index (κ1) is 23.1. The molecule has 2 aromatic carbocycles. The smallest absolute Gasteiger partial charge is 0.417 e. The zero-order valence-electron chi connectivity index (χ0n) is 17.8. The van der Waals surface area contributed by atoms with Gasteiger partial charge in [-0.1, -0.05) is 29.8 Å². The Hall–Kier alpha value is -2.58. The van der Waals surface area contributed by atoms with Crippen molar-refractivity contribution < 1.29 is 23.0 Å². The Labute approximate surface area is 183 Å². The van der Waals surface area contributed by atoms with Crippen LogP contribution < -0.4 is 4.74 Å². The van der Waals surface area contributed by atoms with Crippen LogP contribution in [0.25, 0.3) is 11.4 Å². The predicted octanol–water partition coefficient (Wildman–Crippen LogP) is 5.70. The Morgan fingerprint density at radius 1 is 0.968 bits per heavy atom. The van der Waals surface area contributed by atoms with E-state index in [4.69, 9.17) is 16.3 Å². The maximum Gasteiger partial charge on any atom is 0.417 e. The van der Waals surface area contributed by atoms with Gasteiger partial charge in [-0.2, -0.15) is 13.2 Å². The zero-order valence-corrected chi connectivity index (χ0v) is 18.5. The van der Waals surface area contributed by atoms with Crippen LogP contribution in [0.5, 0.6) is 5.75 Å². The number of ether oxygens (including phenoxy) is 1. The second-order valence-corrected chi connectivity index (χ2v) is 8.70. The Balaban J connectivity index is 2.04. The molecule has 0 aliphatic rings. The van der Waals surface area contributed by atoms with Gasteiger partial charge in [0.15, 0.2) is 17.2 Å². The molecule has 0 saturated heterocycles. The van der Waals surface area contributed by atoms with Crippen LogP contribution in [0.4, 0.5) is 13.2 Å². The molecule has 0 fully saturated rings. The van der Waals surface area contributed by atoms with Crippen LogP contribution in [0.2, 0.25) is 5.02 Å². The fraction of sp³-hybridized carbons (Fsp3) is 0.364. The Morgan fingerprint density at radius 3 is 2.23 bits per heavy atom. The van der Waals surface area contributed by atoms with Crippen molar-refractivity contribution in [3.05, 3.63) is 64.4 Å². The standard InChI is InChI=1S/C22H23ClF3N3O2/c1-20(2,30)16-12-13(23)10-11-17(16)31-21(3,4)19-28-27-18(29(19)5)14-8-6-7-9-15(14)22(24,25)26/h6-12,30H,1-5H3. The summed E-state index contributed by atoms with van der Waals surface area (Å²) in [7, 11) is 1.59. The summed E-state index contributed by atoms with van der Waals surface area (Å²) in [6.07, 6.45) is -4.53. The summed E-state index contributed by atoms with van der Waals surface area (Å²) in [6, 6.07) is 10.1. The summed E-state index contributed by atoms with van der Waals surface area (Å²) in [6.45, 7) is 6.65. The highest BCUT2D eigenvalue weighted by molar-refractivity contribution is 6.30. The van der Waals surface area contributed by atoms with Gasteiger partial charge in [-0.25, -0.2) is 0 Å². The minimum Gasteiger partial charge on any atom is -0.479 e. The van der Waals surface area contributed by atoms with Crippen LogP contribution in [0, 0.1) is 0 Å². The molecule has 0 aliphatic carbocycles. The van der Waals surface area contributed by atoms with Gasteiger partial charge in [-0.05, 0) is 52.0 Å². The van der Waals surface area contributed by atoms with Crippen LogP contribution in [0.3, 0.4) is 0 Å². The maximum absolute atomic E-state index is 13.5. The molecule has 0 unspecified atom stereocenters. The van der Waals surface area contributed by atoms with Crippen LogP contribution in [0.15, 0.2) is 42.5 Å². The van der Waals surface area contributed by atoms with Gasteiger partial charge in [0.05, 0.1) is 11.2 Å². The third kappa shape index (κ3) is 4.70. The average molecular weight is 454 g/mol. The molecule has 166 valence electrons. The van der Waals surface area contributed by atoms with Crippen molar-refractivity contribution in [2.24, 2.45) is 7.05 Å². The molecule has 3 aromatic rings. The molecule has 0 atom stereocenters. The lowest BCUT2D eigenvalue weighted by Crippen LogP contribution is -2.30. The number of rotatable bonds is 5. The van der Waals surface area contributed by atoms with Gasteiger partial charge in [0.1, 0.15) is 5.75 Å². The number of benzene rings is 2. The van der Waals surface area contributed by atoms with Crippen LogP contribution in [-0.2, 0) is 24.4 Å². The highest BCUT2D eigenvalue weighted by Crippen LogP contribution is 2.39. The fourth-order valence-corrected chi connectivity index (χ4v) is 3.58. The Bertz CT molecular complexity index is 1100. The van der Waals surface area contributed by atoms with Gasteiger partial charge < -0.3 is 14.4 Å². The molecule has 0 saturated carbocycles. The van der Waals surface area contributed by atoms with Gasteiger partial charge in [-0.15, -0.1) is 10.2 Å².